The van der Waals surface area contributed by atoms with Gasteiger partial charge >= 0.3 is 18.0 Å². The number of aliphatic carboxylic acids is 1. The number of benzene rings is 1. The van der Waals surface area contributed by atoms with Crippen LogP contribution in [0.15, 0.2) is 12.1 Å². The molecule has 0 heterocycles. The van der Waals surface area contributed by atoms with E-state index in [0.29, 0.717) is 0 Å². The van der Waals surface area contributed by atoms with E-state index in [0.717, 1.165) is 19.2 Å². The Labute approximate surface area is 149 Å². The fraction of sp³-hybridized carbons (Fsp3) is 0.471. The smallest absolute Gasteiger partial charge is 0.407 e. The molecular weight excluding hydrogens is 352 g/mol. The molecule has 1 rings (SSSR count). The van der Waals surface area contributed by atoms with Crippen LogP contribution in [0.3, 0.4) is 0 Å². The molecule has 0 aliphatic heterocycles. The van der Waals surface area contributed by atoms with Gasteiger partial charge in [-0.15, -0.1) is 0 Å². The summed E-state index contributed by atoms with van der Waals surface area (Å²) in [7, 11) is 1.02. The van der Waals surface area contributed by atoms with Crippen LogP contribution in [0.5, 0.6) is 0 Å². The van der Waals surface area contributed by atoms with E-state index < -0.39 is 47.6 Å². The molecule has 1 aromatic carbocycles. The number of carbonyl (C=O) groups excluding carboxylic acids is 2. The van der Waals surface area contributed by atoms with Gasteiger partial charge in [-0.1, -0.05) is 0 Å². The minimum Gasteiger partial charge on any atom is -0.481 e. The average Bonchev–Trinajstić information content (AvgIpc) is 2.51. The minimum atomic E-state index is -1.59. The van der Waals surface area contributed by atoms with Gasteiger partial charge in [-0.2, -0.15) is 0 Å². The van der Waals surface area contributed by atoms with Gasteiger partial charge in [0, 0.05) is 6.54 Å². The van der Waals surface area contributed by atoms with Crippen molar-refractivity contribution in [3.8, 4) is 0 Å². The van der Waals surface area contributed by atoms with Crippen LogP contribution >= 0.6 is 0 Å². The molecular formula is C17H21F2NO6. The molecule has 0 aromatic heterocycles. The Balaban J connectivity index is 3.04. The molecule has 26 heavy (non-hydrogen) atoms. The van der Waals surface area contributed by atoms with Crippen LogP contribution in [0.2, 0.25) is 0 Å². The number of hydrogen-bond acceptors (Lipinski definition) is 5. The first kappa shape index (κ1) is 21.3. The van der Waals surface area contributed by atoms with Crippen molar-refractivity contribution in [3.05, 3.63) is 34.9 Å². The van der Waals surface area contributed by atoms with Crippen LogP contribution in [0.1, 0.15) is 31.9 Å². The van der Waals surface area contributed by atoms with Crippen molar-refractivity contribution >= 4 is 18.0 Å². The van der Waals surface area contributed by atoms with Crippen molar-refractivity contribution in [3.63, 3.8) is 0 Å². The van der Waals surface area contributed by atoms with Crippen molar-refractivity contribution in [2.45, 2.75) is 39.3 Å². The van der Waals surface area contributed by atoms with Crippen LogP contribution < -0.4 is 5.32 Å². The van der Waals surface area contributed by atoms with Crippen LogP contribution in [0.25, 0.3) is 0 Å². The third-order valence-electron chi connectivity index (χ3n) is 3.27. The van der Waals surface area contributed by atoms with E-state index in [1.54, 1.807) is 20.8 Å². The van der Waals surface area contributed by atoms with E-state index in [1.807, 2.05) is 0 Å². The fourth-order valence-corrected chi connectivity index (χ4v) is 2.10. The van der Waals surface area contributed by atoms with Gasteiger partial charge in [-0.3, -0.25) is 9.59 Å². The molecule has 2 N–H and O–H groups in total. The second kappa shape index (κ2) is 8.59. The van der Waals surface area contributed by atoms with Gasteiger partial charge in [0.05, 0.1) is 7.11 Å². The highest BCUT2D eigenvalue weighted by molar-refractivity contribution is 5.94. The number of hydrogen-bond donors (Lipinski definition) is 2. The largest absolute Gasteiger partial charge is 0.481 e. The van der Waals surface area contributed by atoms with Crippen molar-refractivity contribution in [1.29, 1.82) is 0 Å². The quantitative estimate of drug-likeness (QED) is 0.586. The number of rotatable bonds is 6. The Kier molecular flexibility index (Phi) is 7.05. The van der Waals surface area contributed by atoms with Gasteiger partial charge in [0.2, 0.25) is 0 Å². The van der Waals surface area contributed by atoms with Crippen LogP contribution in [-0.2, 0) is 32.0 Å². The topological polar surface area (TPSA) is 102 Å². The van der Waals surface area contributed by atoms with Crippen LogP contribution in [0.4, 0.5) is 13.6 Å². The number of nitrogens with one attached hydrogen (secondary N) is 1. The molecule has 1 atom stereocenters. The first-order valence-electron chi connectivity index (χ1n) is 7.69. The zero-order chi connectivity index (χ0) is 20.1. The Bertz CT molecular complexity index is 699. The summed E-state index contributed by atoms with van der Waals surface area (Å²) in [5.41, 5.74) is -0.581. The highest BCUT2D eigenvalue weighted by Crippen LogP contribution is 2.20. The lowest BCUT2D eigenvalue weighted by atomic mass is 9.95. The van der Waals surface area contributed by atoms with Gasteiger partial charge in [-0.25, -0.2) is 13.6 Å². The predicted molar refractivity (Wildman–Crippen MR) is 86.3 cm³/mol. The zero-order valence-corrected chi connectivity index (χ0v) is 14.9. The molecule has 0 fully saturated rings. The van der Waals surface area contributed by atoms with Gasteiger partial charge < -0.3 is 19.9 Å². The lowest BCUT2D eigenvalue weighted by Crippen LogP contribution is -2.32. The predicted octanol–water partition coefficient (Wildman–Crippen LogP) is 2.41. The third kappa shape index (κ3) is 6.30. The standard InChI is InChI=1S/C17H21F2NO6/c1-17(2,3)26-16(24)20-8-10-7-13(19)12(18)6-9(10)5-11(14(21)22)15(23)25-4/h6-7,11H,5,8H2,1-4H3,(H,20,24)(H,21,22). The summed E-state index contributed by atoms with van der Waals surface area (Å²) in [5, 5.41) is 11.5. The van der Waals surface area contributed by atoms with Gasteiger partial charge in [0.1, 0.15) is 5.60 Å². The maximum Gasteiger partial charge on any atom is 0.407 e. The molecule has 0 saturated heterocycles. The highest BCUT2D eigenvalue weighted by atomic mass is 19.2. The Hall–Kier alpha value is -2.71. The molecule has 144 valence electrons. The Morgan fingerprint density at radius 1 is 1.15 bits per heavy atom. The second-order valence-electron chi connectivity index (χ2n) is 6.51. The summed E-state index contributed by atoms with van der Waals surface area (Å²) in [4.78, 5) is 34.5. The van der Waals surface area contributed by atoms with E-state index >= 15 is 0 Å². The van der Waals surface area contributed by atoms with E-state index in [4.69, 9.17) is 9.84 Å². The Morgan fingerprint density at radius 3 is 2.15 bits per heavy atom. The number of amides is 1. The molecule has 0 bridgehead atoms. The normalized spacial score (nSPS) is 12.2. The molecule has 9 heteroatoms. The van der Waals surface area contributed by atoms with Gasteiger partial charge in [0.25, 0.3) is 0 Å². The number of esters is 1. The highest BCUT2D eigenvalue weighted by Gasteiger charge is 2.29. The van der Waals surface area contributed by atoms with E-state index in [9.17, 15) is 23.2 Å². The average molecular weight is 373 g/mol. The number of carboxylic acid groups (broad SMARTS) is 1. The van der Waals surface area contributed by atoms with Crippen molar-refractivity contribution < 1.29 is 37.7 Å². The molecule has 0 radical (unpaired) electrons. The van der Waals surface area contributed by atoms with E-state index in [2.05, 4.69) is 10.1 Å². The van der Waals surface area contributed by atoms with Crippen molar-refractivity contribution in [1.82, 2.24) is 5.32 Å². The summed E-state index contributed by atoms with van der Waals surface area (Å²) in [6, 6.07) is 1.62. The third-order valence-corrected chi connectivity index (χ3v) is 3.27. The lowest BCUT2D eigenvalue weighted by molar-refractivity contribution is -0.156. The first-order valence-corrected chi connectivity index (χ1v) is 7.69. The minimum absolute atomic E-state index is 0.0535. The molecule has 1 amide bonds. The molecule has 1 unspecified atom stereocenters. The van der Waals surface area contributed by atoms with E-state index in [-0.39, 0.29) is 17.7 Å². The van der Waals surface area contributed by atoms with Crippen molar-refractivity contribution in [2.75, 3.05) is 7.11 Å². The Morgan fingerprint density at radius 2 is 1.69 bits per heavy atom. The number of halogens is 2. The number of methoxy groups -OCH3 is 1. The lowest BCUT2D eigenvalue weighted by Gasteiger charge is -2.20. The summed E-state index contributed by atoms with van der Waals surface area (Å²) < 4.78 is 36.6. The second-order valence-corrected chi connectivity index (χ2v) is 6.51. The number of alkyl carbamates (subject to hydrolysis) is 1. The van der Waals surface area contributed by atoms with Crippen LogP contribution in [-0.4, -0.2) is 35.8 Å². The van der Waals surface area contributed by atoms with Gasteiger partial charge in [-0.05, 0) is 50.5 Å². The number of carboxylic acids is 1. The molecule has 0 saturated carbocycles. The molecule has 1 aromatic rings. The maximum absolute atomic E-state index is 13.6. The zero-order valence-electron chi connectivity index (χ0n) is 14.9. The molecule has 0 spiro atoms. The van der Waals surface area contributed by atoms with Crippen LogP contribution in [0, 0.1) is 17.6 Å². The van der Waals surface area contributed by atoms with Gasteiger partial charge in [0.15, 0.2) is 17.6 Å². The number of ether oxygens (including phenoxy) is 2. The van der Waals surface area contributed by atoms with E-state index in [1.165, 1.54) is 0 Å². The summed E-state index contributed by atoms with van der Waals surface area (Å²) in [6.07, 6.45) is -1.21. The summed E-state index contributed by atoms with van der Waals surface area (Å²) in [6.45, 7) is 4.73. The summed E-state index contributed by atoms with van der Waals surface area (Å²) >= 11 is 0. The molecule has 0 aliphatic carbocycles. The maximum atomic E-state index is 13.6. The van der Waals surface area contributed by atoms with Crippen molar-refractivity contribution in [2.24, 2.45) is 5.92 Å². The SMILES string of the molecule is COC(=O)C(Cc1cc(F)c(F)cc1CNC(=O)OC(C)(C)C)C(=O)O. The molecule has 0 aliphatic rings. The number of carbonyl (C=O) groups is 3. The monoisotopic (exact) mass is 373 g/mol. The molecule has 7 nitrogen and oxygen atoms in total. The first-order chi connectivity index (χ1) is 11.9. The fourth-order valence-electron chi connectivity index (χ4n) is 2.10. The summed E-state index contributed by atoms with van der Waals surface area (Å²) in [5.74, 6) is -6.44.